The van der Waals surface area contributed by atoms with E-state index >= 15 is 0 Å². The molecule has 0 aliphatic heterocycles. The molecular formula is C30H38N4O4. The number of hydrogen-bond acceptors (Lipinski definition) is 5. The van der Waals surface area contributed by atoms with Gasteiger partial charge in [-0.15, -0.1) is 0 Å². The van der Waals surface area contributed by atoms with Crippen molar-refractivity contribution in [3.05, 3.63) is 90.1 Å². The second-order valence-corrected chi connectivity index (χ2v) is 9.79. The molecule has 0 fully saturated rings. The minimum absolute atomic E-state index is 0.199. The maximum Gasteiger partial charge on any atom is 0.405 e. The highest BCUT2D eigenvalue weighted by atomic mass is 16.4. The summed E-state index contributed by atoms with van der Waals surface area (Å²) in [4.78, 5) is 28.9. The lowest BCUT2D eigenvalue weighted by Gasteiger charge is -2.29. The normalized spacial score (nSPS) is 15.1. The maximum absolute atomic E-state index is 13.2. The number of amides is 2. The maximum atomic E-state index is 13.2. The summed E-state index contributed by atoms with van der Waals surface area (Å²) in [6.07, 6.45) is 1.42. The average Bonchev–Trinajstić information content (AvgIpc) is 2.92. The molecule has 0 saturated carbocycles. The van der Waals surface area contributed by atoms with E-state index in [1.807, 2.05) is 86.6 Å². The third-order valence-electron chi connectivity index (χ3n) is 6.85. The van der Waals surface area contributed by atoms with Gasteiger partial charge in [-0.05, 0) is 48.4 Å². The van der Waals surface area contributed by atoms with Gasteiger partial charge in [0.1, 0.15) is 6.04 Å². The summed E-state index contributed by atoms with van der Waals surface area (Å²) in [5.41, 5.74) is 10.2. The molecule has 3 rings (SSSR count). The van der Waals surface area contributed by atoms with Gasteiger partial charge in [-0.25, -0.2) is 4.79 Å². The van der Waals surface area contributed by atoms with Crippen LogP contribution in [-0.4, -0.2) is 51.4 Å². The number of rotatable bonds is 13. The molecule has 0 spiro atoms. The van der Waals surface area contributed by atoms with Crippen LogP contribution in [0.2, 0.25) is 0 Å². The summed E-state index contributed by atoms with van der Waals surface area (Å²) in [6, 6.07) is 21.5. The van der Waals surface area contributed by atoms with E-state index in [2.05, 4.69) is 15.6 Å². The van der Waals surface area contributed by atoms with E-state index in [0.717, 1.165) is 22.4 Å². The van der Waals surface area contributed by atoms with Gasteiger partial charge in [0.15, 0.2) is 0 Å². The quantitative estimate of drug-likeness (QED) is 0.234. The second kappa shape index (κ2) is 14.3. The smallest absolute Gasteiger partial charge is 0.405 e. The summed E-state index contributed by atoms with van der Waals surface area (Å²) in [5.74, 6) is -0.615. The van der Waals surface area contributed by atoms with Gasteiger partial charge >= 0.3 is 6.09 Å². The highest BCUT2D eigenvalue weighted by molar-refractivity contribution is 5.85. The van der Waals surface area contributed by atoms with Crippen molar-refractivity contribution in [1.29, 1.82) is 0 Å². The number of nitrogens with two attached hydrogens (primary N) is 1. The summed E-state index contributed by atoms with van der Waals surface area (Å²) in [5, 5.41) is 25.6. The molecule has 6 N–H and O–H groups in total. The first-order valence-electron chi connectivity index (χ1n) is 13.0. The zero-order chi connectivity index (χ0) is 27.5. The minimum Gasteiger partial charge on any atom is -0.465 e. The van der Waals surface area contributed by atoms with E-state index in [0.29, 0.717) is 19.3 Å². The first-order chi connectivity index (χ1) is 18.3. The van der Waals surface area contributed by atoms with Crippen LogP contribution < -0.4 is 16.4 Å². The first-order valence-corrected chi connectivity index (χ1v) is 13.0. The number of hydrogen-bond donors (Lipinski definition) is 5. The van der Waals surface area contributed by atoms with Crippen molar-refractivity contribution in [2.24, 2.45) is 11.7 Å². The molecule has 0 aliphatic carbocycles. The van der Waals surface area contributed by atoms with Gasteiger partial charge in [0.05, 0.1) is 11.8 Å². The molecule has 8 heteroatoms. The standard InChI is InChI=1S/C30H38N4O4/c1-3-20(2)28(34-30(37)38)29(36)33-24(19-27(35)25(31)18-21-9-5-4-6-10-21)17-22-12-14-23(15-13-22)26-11-7-8-16-32-26/h4-16,20,24-25,27-28,34-35H,3,17-19,31H2,1-2H3,(H,33,36)(H,37,38)/t20-,24-,25-,27-,28-/m0/s1. The van der Waals surface area contributed by atoms with Crippen LogP contribution in [0.4, 0.5) is 4.79 Å². The van der Waals surface area contributed by atoms with Gasteiger partial charge in [0.2, 0.25) is 5.91 Å². The molecule has 1 aromatic heterocycles. The first kappa shape index (κ1) is 28.8. The Balaban J connectivity index is 1.76. The Hall–Kier alpha value is -3.75. The Morgan fingerprint density at radius 2 is 1.58 bits per heavy atom. The molecule has 202 valence electrons. The molecule has 0 saturated heterocycles. The van der Waals surface area contributed by atoms with Gasteiger partial charge in [0, 0.05) is 23.8 Å². The van der Waals surface area contributed by atoms with Crippen molar-refractivity contribution in [2.75, 3.05) is 0 Å². The van der Waals surface area contributed by atoms with Crippen molar-refractivity contribution < 1.29 is 19.8 Å². The molecule has 38 heavy (non-hydrogen) atoms. The molecule has 0 unspecified atom stereocenters. The minimum atomic E-state index is -1.25. The van der Waals surface area contributed by atoms with Crippen molar-refractivity contribution in [2.45, 2.75) is 63.8 Å². The second-order valence-electron chi connectivity index (χ2n) is 9.79. The Morgan fingerprint density at radius 1 is 0.921 bits per heavy atom. The van der Waals surface area contributed by atoms with Gasteiger partial charge in [-0.3, -0.25) is 9.78 Å². The summed E-state index contributed by atoms with van der Waals surface area (Å²) in [7, 11) is 0. The van der Waals surface area contributed by atoms with Crippen LogP contribution >= 0.6 is 0 Å². The van der Waals surface area contributed by atoms with Gasteiger partial charge in [0.25, 0.3) is 0 Å². The molecule has 8 nitrogen and oxygen atoms in total. The van der Waals surface area contributed by atoms with Crippen molar-refractivity contribution in [1.82, 2.24) is 15.6 Å². The fourth-order valence-corrected chi connectivity index (χ4v) is 4.44. The van der Waals surface area contributed by atoms with Crippen LogP contribution in [0.1, 0.15) is 37.8 Å². The number of nitrogens with zero attached hydrogens (tertiary/aromatic N) is 1. The third kappa shape index (κ3) is 8.68. The number of benzene rings is 2. The summed E-state index contributed by atoms with van der Waals surface area (Å²) in [6.45, 7) is 3.73. The lowest BCUT2D eigenvalue weighted by Crippen LogP contribution is -2.53. The molecule has 2 aromatic carbocycles. The fraction of sp³-hybridized carbons (Fsp3) is 0.367. The molecule has 0 bridgehead atoms. The van der Waals surface area contributed by atoms with E-state index in [1.54, 1.807) is 6.20 Å². The zero-order valence-corrected chi connectivity index (χ0v) is 22.0. The average molecular weight is 519 g/mol. The lowest BCUT2D eigenvalue weighted by atomic mass is 9.92. The zero-order valence-electron chi connectivity index (χ0n) is 22.0. The highest BCUT2D eigenvalue weighted by Crippen LogP contribution is 2.19. The third-order valence-corrected chi connectivity index (χ3v) is 6.85. The number of carbonyl (C=O) groups excluding carboxylic acids is 1. The van der Waals surface area contributed by atoms with Gasteiger partial charge in [-0.2, -0.15) is 0 Å². The molecule has 0 radical (unpaired) electrons. The van der Waals surface area contributed by atoms with Crippen LogP contribution in [0.25, 0.3) is 11.3 Å². The van der Waals surface area contributed by atoms with Gasteiger partial charge < -0.3 is 26.6 Å². The van der Waals surface area contributed by atoms with Crippen LogP contribution in [-0.2, 0) is 17.6 Å². The Bertz CT molecular complexity index is 1140. The summed E-state index contributed by atoms with van der Waals surface area (Å²) >= 11 is 0. The molecule has 5 atom stereocenters. The van der Waals surface area contributed by atoms with Crippen LogP contribution in [0, 0.1) is 5.92 Å². The van der Waals surface area contributed by atoms with E-state index in [4.69, 9.17) is 5.73 Å². The Labute approximate surface area is 224 Å². The topological polar surface area (TPSA) is 138 Å². The molecular weight excluding hydrogens is 480 g/mol. The van der Waals surface area contributed by atoms with E-state index in [9.17, 15) is 19.8 Å². The van der Waals surface area contributed by atoms with E-state index in [-0.39, 0.29) is 12.3 Å². The molecule has 1 heterocycles. The number of aromatic nitrogens is 1. The van der Waals surface area contributed by atoms with Crippen molar-refractivity contribution in [3.63, 3.8) is 0 Å². The van der Waals surface area contributed by atoms with Crippen LogP contribution in [0.15, 0.2) is 79.0 Å². The number of pyridine rings is 1. The number of carbonyl (C=O) groups is 2. The van der Waals surface area contributed by atoms with Crippen molar-refractivity contribution in [3.8, 4) is 11.3 Å². The van der Waals surface area contributed by atoms with E-state index < -0.39 is 36.2 Å². The monoisotopic (exact) mass is 518 g/mol. The number of carboxylic acid groups (broad SMARTS) is 1. The van der Waals surface area contributed by atoms with Crippen molar-refractivity contribution >= 4 is 12.0 Å². The molecule has 2 amide bonds. The number of nitrogens with one attached hydrogen (secondary N) is 2. The Morgan fingerprint density at radius 3 is 2.18 bits per heavy atom. The van der Waals surface area contributed by atoms with Crippen LogP contribution in [0.3, 0.4) is 0 Å². The Kier molecular flexibility index (Phi) is 10.8. The fourth-order valence-electron chi connectivity index (χ4n) is 4.44. The SMILES string of the molecule is CC[C@H](C)[C@H](NC(=O)O)C(=O)N[C@@H](Cc1ccc(-c2ccccn2)cc1)C[C@H](O)[C@@H](N)Cc1ccccc1. The van der Waals surface area contributed by atoms with Crippen LogP contribution in [0.5, 0.6) is 0 Å². The number of aliphatic hydroxyl groups excluding tert-OH is 1. The number of aliphatic hydroxyl groups is 1. The van der Waals surface area contributed by atoms with E-state index in [1.165, 1.54) is 0 Å². The molecule has 3 aromatic rings. The van der Waals surface area contributed by atoms with Gasteiger partial charge in [-0.1, -0.05) is 80.9 Å². The molecule has 0 aliphatic rings. The highest BCUT2D eigenvalue weighted by Gasteiger charge is 2.29. The largest absolute Gasteiger partial charge is 0.465 e. The predicted octanol–water partition coefficient (Wildman–Crippen LogP) is 3.78. The predicted molar refractivity (Wildman–Crippen MR) is 148 cm³/mol. The summed E-state index contributed by atoms with van der Waals surface area (Å²) < 4.78 is 0. The lowest BCUT2D eigenvalue weighted by molar-refractivity contribution is -0.125.